The normalized spacial score (nSPS) is 15.6. The van der Waals surface area contributed by atoms with Crippen molar-refractivity contribution >= 4 is 44.6 Å². The lowest BCUT2D eigenvalue weighted by Gasteiger charge is -2.11. The lowest BCUT2D eigenvalue weighted by Crippen LogP contribution is -2.36. The van der Waals surface area contributed by atoms with Crippen LogP contribution in [0.5, 0.6) is 11.5 Å². The zero-order valence-corrected chi connectivity index (χ0v) is 18.6. The summed E-state index contributed by atoms with van der Waals surface area (Å²) >= 11 is 3.42. The first-order chi connectivity index (χ1) is 15.6. The molecule has 1 unspecified atom stereocenters. The van der Waals surface area contributed by atoms with Crippen LogP contribution in [0.4, 0.5) is 11.7 Å². The second kappa shape index (κ2) is 8.97. The summed E-state index contributed by atoms with van der Waals surface area (Å²) in [6.45, 7) is 1.69. The van der Waals surface area contributed by atoms with Gasteiger partial charge in [-0.15, -0.1) is 0 Å². The van der Waals surface area contributed by atoms with Crippen molar-refractivity contribution in [3.05, 3.63) is 71.0 Å². The zero-order valence-electron chi connectivity index (χ0n) is 17.0. The number of hydrogen-bond acceptors (Lipinski definition) is 7. The minimum absolute atomic E-state index is 0.128. The van der Waals surface area contributed by atoms with Crippen LogP contribution in [-0.4, -0.2) is 35.0 Å². The molecule has 2 aromatic carbocycles. The average Bonchev–Trinajstić information content (AvgIpc) is 3.44. The van der Waals surface area contributed by atoms with Gasteiger partial charge in [-0.3, -0.25) is 9.78 Å². The van der Waals surface area contributed by atoms with Gasteiger partial charge in [-0.05, 0) is 55.4 Å². The number of pyridine rings is 1. The van der Waals surface area contributed by atoms with Crippen LogP contribution < -0.4 is 20.7 Å². The van der Waals surface area contributed by atoms with E-state index >= 15 is 0 Å². The van der Waals surface area contributed by atoms with Gasteiger partial charge in [-0.1, -0.05) is 15.9 Å². The summed E-state index contributed by atoms with van der Waals surface area (Å²) in [6.07, 6.45) is 2.48. The number of amides is 1. The first-order valence-electron chi connectivity index (χ1n) is 10.2. The Kier molecular flexibility index (Phi) is 5.74. The molecule has 1 aliphatic heterocycles. The topological polar surface area (TPSA) is 101 Å². The molecule has 3 heterocycles. The van der Waals surface area contributed by atoms with E-state index in [0.717, 1.165) is 29.7 Å². The first-order valence-corrected chi connectivity index (χ1v) is 11.0. The van der Waals surface area contributed by atoms with Gasteiger partial charge in [0.05, 0.1) is 0 Å². The molecule has 5 rings (SSSR count). The summed E-state index contributed by atoms with van der Waals surface area (Å²) < 4.78 is 12.7. The van der Waals surface area contributed by atoms with Crippen LogP contribution in [0.3, 0.4) is 0 Å². The van der Waals surface area contributed by atoms with Gasteiger partial charge in [0.25, 0.3) is 11.9 Å². The number of rotatable bonds is 6. The molecule has 1 aliphatic rings. The van der Waals surface area contributed by atoms with Crippen LogP contribution in [0.25, 0.3) is 11.1 Å². The Hall–Kier alpha value is -3.43. The van der Waals surface area contributed by atoms with Gasteiger partial charge in [-0.2, -0.15) is 4.98 Å². The van der Waals surface area contributed by atoms with Gasteiger partial charge < -0.3 is 25.1 Å². The maximum Gasteiger partial charge on any atom is 0.300 e. The predicted molar refractivity (Wildman–Crippen MR) is 124 cm³/mol. The molecule has 1 fully saturated rings. The summed E-state index contributed by atoms with van der Waals surface area (Å²) in [5, 5.41) is 9.35. The van der Waals surface area contributed by atoms with Crippen molar-refractivity contribution in [1.29, 1.82) is 0 Å². The monoisotopic (exact) mass is 493 g/mol. The Morgan fingerprint density at radius 1 is 1.12 bits per heavy atom. The van der Waals surface area contributed by atoms with Gasteiger partial charge in [0.2, 0.25) is 0 Å². The summed E-state index contributed by atoms with van der Waals surface area (Å²) in [6, 6.07) is 17.0. The maximum absolute atomic E-state index is 12.5. The molecule has 1 atom stereocenters. The molecule has 9 heteroatoms. The van der Waals surface area contributed by atoms with Crippen molar-refractivity contribution in [1.82, 2.24) is 20.6 Å². The summed E-state index contributed by atoms with van der Waals surface area (Å²) in [5.41, 5.74) is 2.48. The van der Waals surface area contributed by atoms with Crippen molar-refractivity contribution < 1.29 is 13.9 Å². The molecule has 0 saturated carbocycles. The number of aromatic nitrogens is 2. The molecule has 4 aromatic rings. The summed E-state index contributed by atoms with van der Waals surface area (Å²) in [7, 11) is 0. The third-order valence-electron chi connectivity index (χ3n) is 5.05. The molecule has 0 bridgehead atoms. The summed E-state index contributed by atoms with van der Waals surface area (Å²) in [5.74, 6) is 0.893. The van der Waals surface area contributed by atoms with Crippen LogP contribution in [0.2, 0.25) is 0 Å². The van der Waals surface area contributed by atoms with Gasteiger partial charge in [0.1, 0.15) is 22.7 Å². The third-order valence-corrected chi connectivity index (χ3v) is 5.58. The van der Waals surface area contributed by atoms with E-state index in [9.17, 15) is 4.79 Å². The number of oxazole rings is 1. The van der Waals surface area contributed by atoms with Crippen molar-refractivity contribution in [3.63, 3.8) is 0 Å². The van der Waals surface area contributed by atoms with E-state index in [2.05, 4.69) is 41.8 Å². The Balaban J connectivity index is 1.29. The molecule has 0 spiro atoms. The molecule has 3 N–H and O–H groups in total. The van der Waals surface area contributed by atoms with E-state index in [0.29, 0.717) is 34.3 Å². The number of nitrogens with one attached hydrogen (secondary N) is 3. The fourth-order valence-corrected chi connectivity index (χ4v) is 3.72. The smallest absolute Gasteiger partial charge is 0.300 e. The molecule has 1 amide bonds. The molecule has 0 aliphatic carbocycles. The molecule has 32 heavy (non-hydrogen) atoms. The number of carbonyl (C=O) groups excluding carboxylic acids is 1. The number of halogens is 1. The molecule has 2 aromatic heterocycles. The SMILES string of the molecule is O=C(NC1CCNC1)c1cc(Oc2ccc3oc(Nc4ccc(Br)cc4)nc3c2)ccn1. The quantitative estimate of drug-likeness (QED) is 0.360. The molecule has 162 valence electrons. The molecular weight excluding hydrogens is 474 g/mol. The largest absolute Gasteiger partial charge is 0.457 e. The van der Waals surface area contributed by atoms with Gasteiger partial charge in [0.15, 0.2) is 5.58 Å². The maximum atomic E-state index is 12.5. The predicted octanol–water partition coefficient (Wildman–Crippen LogP) is 4.61. The highest BCUT2D eigenvalue weighted by Crippen LogP contribution is 2.28. The Labute approximate surface area is 192 Å². The van der Waals surface area contributed by atoms with Crippen molar-refractivity contribution in [2.45, 2.75) is 12.5 Å². The van der Waals surface area contributed by atoms with Gasteiger partial charge in [0, 0.05) is 41.1 Å². The van der Waals surface area contributed by atoms with Crippen molar-refractivity contribution in [2.24, 2.45) is 0 Å². The molecule has 0 radical (unpaired) electrons. The number of fused-ring (bicyclic) bond motifs is 1. The summed E-state index contributed by atoms with van der Waals surface area (Å²) in [4.78, 5) is 21.1. The first kappa shape index (κ1) is 20.5. The highest BCUT2D eigenvalue weighted by atomic mass is 79.9. The van der Waals surface area contributed by atoms with Crippen molar-refractivity contribution in [2.75, 3.05) is 18.4 Å². The molecular formula is C23H20BrN5O3. The van der Waals surface area contributed by atoms with Crippen LogP contribution >= 0.6 is 15.9 Å². The van der Waals surface area contributed by atoms with E-state index in [1.54, 1.807) is 36.5 Å². The number of benzene rings is 2. The second-order valence-electron chi connectivity index (χ2n) is 7.42. The third kappa shape index (κ3) is 4.74. The molecule has 8 nitrogen and oxygen atoms in total. The van der Waals surface area contributed by atoms with E-state index in [-0.39, 0.29) is 11.9 Å². The highest BCUT2D eigenvalue weighted by Gasteiger charge is 2.18. The van der Waals surface area contributed by atoms with Gasteiger partial charge in [-0.25, -0.2) is 0 Å². The minimum Gasteiger partial charge on any atom is -0.457 e. The Bertz CT molecular complexity index is 1250. The van der Waals surface area contributed by atoms with E-state index < -0.39 is 0 Å². The number of carbonyl (C=O) groups is 1. The second-order valence-corrected chi connectivity index (χ2v) is 8.34. The van der Waals surface area contributed by atoms with E-state index in [1.807, 2.05) is 24.3 Å². The Morgan fingerprint density at radius 2 is 1.97 bits per heavy atom. The van der Waals surface area contributed by atoms with Crippen LogP contribution in [-0.2, 0) is 0 Å². The van der Waals surface area contributed by atoms with Crippen LogP contribution in [0, 0.1) is 0 Å². The lowest BCUT2D eigenvalue weighted by molar-refractivity contribution is 0.0934. The lowest BCUT2D eigenvalue weighted by atomic mass is 10.2. The minimum atomic E-state index is -0.209. The Morgan fingerprint density at radius 3 is 2.78 bits per heavy atom. The average molecular weight is 494 g/mol. The number of hydrogen-bond donors (Lipinski definition) is 3. The van der Waals surface area contributed by atoms with E-state index in [4.69, 9.17) is 9.15 Å². The van der Waals surface area contributed by atoms with Crippen molar-refractivity contribution in [3.8, 4) is 11.5 Å². The van der Waals surface area contributed by atoms with Crippen LogP contribution in [0.1, 0.15) is 16.9 Å². The fourth-order valence-electron chi connectivity index (χ4n) is 3.45. The van der Waals surface area contributed by atoms with Gasteiger partial charge >= 0.3 is 0 Å². The number of ether oxygens (including phenoxy) is 1. The zero-order chi connectivity index (χ0) is 21.9. The number of nitrogens with zero attached hydrogens (tertiary/aromatic N) is 2. The fraction of sp³-hybridized carbons (Fsp3) is 0.174. The highest BCUT2D eigenvalue weighted by molar-refractivity contribution is 9.10. The number of anilines is 2. The van der Waals surface area contributed by atoms with E-state index in [1.165, 1.54) is 0 Å². The standard InChI is InChI=1S/C23H20BrN5O3/c24-14-1-3-15(4-2-14)28-23-29-19-11-17(5-6-21(19)32-23)31-18-8-10-26-20(12-18)22(30)27-16-7-9-25-13-16/h1-6,8,10-12,16,25H,7,9,13H2,(H,27,30)(H,28,29). The molecule has 1 saturated heterocycles. The van der Waals surface area contributed by atoms with Crippen LogP contribution in [0.15, 0.2) is 69.7 Å².